The zero-order valence-electron chi connectivity index (χ0n) is 17.8. The van der Waals surface area contributed by atoms with Gasteiger partial charge in [-0.2, -0.15) is 0 Å². The quantitative estimate of drug-likeness (QED) is 0.428. The van der Waals surface area contributed by atoms with Crippen LogP contribution in [0.25, 0.3) is 11.1 Å². The Kier molecular flexibility index (Phi) is 7.57. The predicted molar refractivity (Wildman–Crippen MR) is 129 cm³/mol. The van der Waals surface area contributed by atoms with Crippen LogP contribution in [-0.4, -0.2) is 11.1 Å². The summed E-state index contributed by atoms with van der Waals surface area (Å²) in [7, 11) is 0. The summed E-state index contributed by atoms with van der Waals surface area (Å²) >= 11 is 6.30. The van der Waals surface area contributed by atoms with E-state index in [-0.39, 0.29) is 18.4 Å². The maximum absolute atomic E-state index is 11.5. The van der Waals surface area contributed by atoms with Crippen LogP contribution in [0.5, 0.6) is 0 Å². The molecule has 0 saturated heterocycles. The molecule has 0 heterocycles. The van der Waals surface area contributed by atoms with Gasteiger partial charge in [0.15, 0.2) is 0 Å². The van der Waals surface area contributed by atoms with Gasteiger partial charge in [0, 0.05) is 16.8 Å². The summed E-state index contributed by atoms with van der Waals surface area (Å²) in [5, 5.41) is 13.8. The molecule has 3 aromatic rings. The fraction of sp³-hybridized carbons (Fsp3) is 0.240. The number of benzene rings is 3. The number of carbonyl (C=O) groups is 1. The number of carboxylic acid groups (broad SMARTS) is 1. The molecule has 0 unspecified atom stereocenters. The van der Waals surface area contributed by atoms with Gasteiger partial charge in [0.2, 0.25) is 0 Å². The van der Waals surface area contributed by atoms with E-state index in [0.717, 1.165) is 44.1 Å². The largest absolute Gasteiger partial charge is 0.478 e. The Morgan fingerprint density at radius 3 is 2.00 bits per heavy atom. The predicted octanol–water partition coefficient (Wildman–Crippen LogP) is 7.53. The van der Waals surface area contributed by atoms with Crippen LogP contribution in [0, 0.1) is 27.7 Å². The summed E-state index contributed by atoms with van der Waals surface area (Å²) in [6.07, 6.45) is 0. The molecule has 3 aromatic carbocycles. The first-order chi connectivity index (χ1) is 13.7. The third-order valence-corrected chi connectivity index (χ3v) is 5.88. The second kappa shape index (κ2) is 9.55. The van der Waals surface area contributed by atoms with Crippen molar-refractivity contribution in [3.8, 4) is 11.1 Å². The molecule has 0 aliphatic carbocycles. The van der Waals surface area contributed by atoms with Gasteiger partial charge in [0.1, 0.15) is 0 Å². The maximum atomic E-state index is 11.5. The van der Waals surface area contributed by atoms with E-state index in [9.17, 15) is 9.90 Å². The fourth-order valence-corrected chi connectivity index (χ4v) is 3.93. The first-order valence-corrected chi connectivity index (χ1v) is 10.0. The second-order valence-corrected chi connectivity index (χ2v) is 8.08. The third kappa shape index (κ3) is 4.97. The summed E-state index contributed by atoms with van der Waals surface area (Å²) in [6, 6.07) is 16.4. The van der Waals surface area contributed by atoms with Crippen molar-refractivity contribution in [3.05, 3.63) is 86.9 Å². The molecular weight excluding hydrogens is 417 g/mol. The SMILES string of the molecule is Cc1cc([C@@H](C)Nc2cccc(-c3cc(C)c(C(=O)O)c(C)c3)c2)cc(C)c1Cl.Cl. The number of carboxylic acids is 1. The first kappa shape index (κ1) is 23.8. The molecule has 0 bridgehead atoms. The van der Waals surface area contributed by atoms with E-state index in [1.807, 2.05) is 58.0 Å². The van der Waals surface area contributed by atoms with Gasteiger partial charge in [-0.15, -0.1) is 12.4 Å². The van der Waals surface area contributed by atoms with Crippen LogP contribution in [0.15, 0.2) is 48.5 Å². The van der Waals surface area contributed by atoms with Crippen molar-refractivity contribution in [2.45, 2.75) is 40.7 Å². The Morgan fingerprint density at radius 1 is 0.900 bits per heavy atom. The lowest BCUT2D eigenvalue weighted by Gasteiger charge is -2.19. The highest BCUT2D eigenvalue weighted by molar-refractivity contribution is 6.32. The van der Waals surface area contributed by atoms with Gasteiger partial charge < -0.3 is 10.4 Å². The first-order valence-electron chi connectivity index (χ1n) is 9.65. The number of aromatic carboxylic acids is 1. The minimum Gasteiger partial charge on any atom is -0.478 e. The minimum atomic E-state index is -0.885. The molecule has 0 radical (unpaired) electrons. The van der Waals surface area contributed by atoms with Crippen molar-refractivity contribution >= 4 is 35.7 Å². The monoisotopic (exact) mass is 443 g/mol. The standard InChI is InChI=1S/C25H26ClNO2.ClH/c1-14-9-21(10-15(2)23(14)25(28)29)19-7-6-8-22(13-19)27-18(5)20-11-16(3)24(26)17(4)12-20;/h6-13,18,27H,1-5H3,(H,28,29);1H/t18-;/m1./s1. The normalized spacial score (nSPS) is 11.5. The lowest BCUT2D eigenvalue weighted by molar-refractivity contribution is 0.0695. The molecule has 1 atom stereocenters. The molecule has 0 aliphatic rings. The molecule has 0 saturated carbocycles. The number of halogens is 2. The van der Waals surface area contributed by atoms with E-state index in [1.165, 1.54) is 5.56 Å². The highest BCUT2D eigenvalue weighted by atomic mass is 35.5. The Balaban J connectivity index is 0.00000320. The lowest BCUT2D eigenvalue weighted by atomic mass is 9.95. The van der Waals surface area contributed by atoms with Gasteiger partial charge >= 0.3 is 5.97 Å². The summed E-state index contributed by atoms with van der Waals surface area (Å²) < 4.78 is 0. The van der Waals surface area contributed by atoms with Crippen LogP contribution in [0.4, 0.5) is 5.69 Å². The van der Waals surface area contributed by atoms with E-state index in [0.29, 0.717) is 5.56 Å². The molecule has 158 valence electrons. The average molecular weight is 444 g/mol. The van der Waals surface area contributed by atoms with E-state index < -0.39 is 5.97 Å². The Hall–Kier alpha value is -2.49. The molecule has 5 heteroatoms. The molecule has 0 amide bonds. The second-order valence-electron chi connectivity index (χ2n) is 7.71. The number of hydrogen-bond donors (Lipinski definition) is 2. The molecule has 2 N–H and O–H groups in total. The zero-order valence-corrected chi connectivity index (χ0v) is 19.4. The van der Waals surface area contributed by atoms with Crippen LogP contribution in [0.2, 0.25) is 5.02 Å². The highest BCUT2D eigenvalue weighted by Crippen LogP contribution is 2.30. The van der Waals surface area contributed by atoms with Crippen molar-refractivity contribution in [1.29, 1.82) is 0 Å². The molecule has 0 aromatic heterocycles. The molecule has 3 rings (SSSR count). The zero-order chi connectivity index (χ0) is 21.3. The van der Waals surface area contributed by atoms with Crippen LogP contribution < -0.4 is 5.32 Å². The van der Waals surface area contributed by atoms with Gasteiger partial charge in [0.05, 0.1) is 5.56 Å². The van der Waals surface area contributed by atoms with Crippen LogP contribution in [0.3, 0.4) is 0 Å². The number of anilines is 1. The Bertz CT molecular complexity index is 1050. The van der Waals surface area contributed by atoms with Crippen molar-refractivity contribution in [2.24, 2.45) is 0 Å². The van der Waals surface area contributed by atoms with Gasteiger partial charge in [-0.25, -0.2) is 4.79 Å². The van der Waals surface area contributed by atoms with Crippen molar-refractivity contribution < 1.29 is 9.90 Å². The molecule has 0 spiro atoms. The van der Waals surface area contributed by atoms with Crippen molar-refractivity contribution in [2.75, 3.05) is 5.32 Å². The summed E-state index contributed by atoms with van der Waals surface area (Å²) in [4.78, 5) is 11.5. The molecular formula is C25H27Cl2NO2. The summed E-state index contributed by atoms with van der Waals surface area (Å²) in [5.74, 6) is -0.885. The molecule has 0 fully saturated rings. The number of nitrogens with one attached hydrogen (secondary N) is 1. The van der Waals surface area contributed by atoms with E-state index in [1.54, 1.807) is 0 Å². The lowest BCUT2D eigenvalue weighted by Crippen LogP contribution is -2.07. The van der Waals surface area contributed by atoms with Gasteiger partial charge in [-0.1, -0.05) is 48.0 Å². The van der Waals surface area contributed by atoms with Crippen LogP contribution >= 0.6 is 24.0 Å². The maximum Gasteiger partial charge on any atom is 0.336 e. The summed E-state index contributed by atoms with van der Waals surface area (Å²) in [5.41, 5.74) is 8.34. The average Bonchev–Trinajstić information content (AvgIpc) is 2.65. The van der Waals surface area contributed by atoms with Gasteiger partial charge in [-0.3, -0.25) is 0 Å². The number of aryl methyl sites for hydroxylation is 4. The van der Waals surface area contributed by atoms with Crippen LogP contribution in [-0.2, 0) is 0 Å². The number of hydrogen-bond acceptors (Lipinski definition) is 2. The van der Waals surface area contributed by atoms with Crippen molar-refractivity contribution in [3.63, 3.8) is 0 Å². The molecule has 30 heavy (non-hydrogen) atoms. The van der Waals surface area contributed by atoms with Gasteiger partial charge in [-0.05, 0) is 85.7 Å². The smallest absolute Gasteiger partial charge is 0.336 e. The summed E-state index contributed by atoms with van der Waals surface area (Å²) in [6.45, 7) is 9.87. The van der Waals surface area contributed by atoms with E-state index in [2.05, 4.69) is 30.4 Å². The Morgan fingerprint density at radius 2 is 1.47 bits per heavy atom. The molecule has 3 nitrogen and oxygen atoms in total. The van der Waals surface area contributed by atoms with E-state index in [4.69, 9.17) is 11.6 Å². The van der Waals surface area contributed by atoms with Crippen LogP contribution in [0.1, 0.15) is 51.1 Å². The fourth-order valence-electron chi connectivity index (χ4n) is 3.82. The Labute approximate surface area is 189 Å². The van der Waals surface area contributed by atoms with Crippen molar-refractivity contribution in [1.82, 2.24) is 0 Å². The number of rotatable bonds is 5. The van der Waals surface area contributed by atoms with Gasteiger partial charge in [0.25, 0.3) is 0 Å². The third-order valence-electron chi connectivity index (χ3n) is 5.28. The minimum absolute atomic E-state index is 0. The van der Waals surface area contributed by atoms with E-state index >= 15 is 0 Å². The molecule has 0 aliphatic heterocycles. The highest BCUT2D eigenvalue weighted by Gasteiger charge is 2.14. The topological polar surface area (TPSA) is 49.3 Å².